The average Bonchev–Trinajstić information content (AvgIpc) is 3.23. The Morgan fingerprint density at radius 1 is 1.03 bits per heavy atom. The number of methoxy groups -OCH3 is 1. The molecule has 0 atom stereocenters. The normalized spacial score (nSPS) is 13.0. The molecule has 2 aromatic carbocycles. The smallest absolute Gasteiger partial charge is 0.186 e. The van der Waals surface area contributed by atoms with E-state index in [-0.39, 0.29) is 0 Å². The van der Waals surface area contributed by atoms with Crippen molar-refractivity contribution in [1.29, 1.82) is 0 Å². The fourth-order valence-electron chi connectivity index (χ4n) is 3.76. The third-order valence-corrected chi connectivity index (χ3v) is 6.56. The quantitative estimate of drug-likeness (QED) is 0.546. The van der Waals surface area contributed by atoms with Gasteiger partial charge in [-0.05, 0) is 48.9 Å². The molecule has 6 heteroatoms. The van der Waals surface area contributed by atoms with Crippen molar-refractivity contribution in [2.75, 3.05) is 25.1 Å². The van der Waals surface area contributed by atoms with Crippen molar-refractivity contribution in [3.05, 3.63) is 70.2 Å². The van der Waals surface area contributed by atoms with Crippen molar-refractivity contribution >= 4 is 16.5 Å². The zero-order valence-corrected chi connectivity index (χ0v) is 18.3. The highest BCUT2D eigenvalue weighted by Crippen LogP contribution is 2.34. The summed E-state index contributed by atoms with van der Waals surface area (Å²) in [6, 6.07) is 16.3. The van der Waals surface area contributed by atoms with E-state index in [4.69, 9.17) is 20.2 Å². The fraction of sp³-hybridized carbons (Fsp3) is 0.375. The predicted molar refractivity (Wildman–Crippen MR) is 123 cm³/mol. The molecule has 1 aliphatic rings. The molecule has 1 aromatic heterocycles. The van der Waals surface area contributed by atoms with Gasteiger partial charge in [0.15, 0.2) is 16.6 Å². The molecule has 0 radical (unpaired) electrons. The summed E-state index contributed by atoms with van der Waals surface area (Å²) in [7, 11) is 1.68. The second-order valence-electron chi connectivity index (χ2n) is 7.54. The van der Waals surface area contributed by atoms with E-state index < -0.39 is 0 Å². The summed E-state index contributed by atoms with van der Waals surface area (Å²) in [5, 5.41) is 1.08. The number of fused-ring (bicyclic) bond motifs is 1. The number of nitrogens with zero attached hydrogens (tertiary/aromatic N) is 2. The zero-order valence-electron chi connectivity index (χ0n) is 17.5. The molecule has 0 aliphatic heterocycles. The molecular weight excluding hydrogens is 394 g/mol. The van der Waals surface area contributed by atoms with Crippen LogP contribution in [0.3, 0.4) is 0 Å². The molecule has 0 unspecified atom stereocenters. The lowest BCUT2D eigenvalue weighted by Gasteiger charge is -2.22. The van der Waals surface area contributed by atoms with E-state index in [1.807, 2.05) is 35.6 Å². The topological polar surface area (TPSA) is 60.6 Å². The molecule has 0 fully saturated rings. The summed E-state index contributed by atoms with van der Waals surface area (Å²) in [5.74, 6) is 1.50. The van der Waals surface area contributed by atoms with E-state index in [0.717, 1.165) is 53.7 Å². The van der Waals surface area contributed by atoms with Gasteiger partial charge in [-0.3, -0.25) is 0 Å². The summed E-state index contributed by atoms with van der Waals surface area (Å²) in [6.07, 6.45) is 4.77. The highest BCUT2D eigenvalue weighted by atomic mass is 32.1. The third kappa shape index (κ3) is 4.94. The van der Waals surface area contributed by atoms with Gasteiger partial charge >= 0.3 is 0 Å². The van der Waals surface area contributed by atoms with Crippen LogP contribution in [0.15, 0.2) is 48.5 Å². The van der Waals surface area contributed by atoms with Crippen LogP contribution in [0.25, 0.3) is 0 Å². The van der Waals surface area contributed by atoms with Crippen LogP contribution in [0.2, 0.25) is 0 Å². The molecule has 1 aliphatic carbocycles. The van der Waals surface area contributed by atoms with Gasteiger partial charge in [-0.15, -0.1) is 11.3 Å². The second kappa shape index (κ2) is 9.96. The molecular formula is C24H29N3O2S. The molecule has 158 valence electrons. The molecule has 30 heavy (non-hydrogen) atoms. The monoisotopic (exact) mass is 423 g/mol. The maximum absolute atomic E-state index is 5.99. The minimum Gasteiger partial charge on any atom is -0.493 e. The number of thiazole rings is 1. The first kappa shape index (κ1) is 20.7. The fourth-order valence-corrected chi connectivity index (χ4v) is 4.93. The molecule has 0 saturated heterocycles. The van der Waals surface area contributed by atoms with E-state index in [9.17, 15) is 0 Å². The van der Waals surface area contributed by atoms with Gasteiger partial charge in [0.25, 0.3) is 0 Å². The Labute approximate surface area is 182 Å². The van der Waals surface area contributed by atoms with Gasteiger partial charge in [-0.1, -0.05) is 36.4 Å². The van der Waals surface area contributed by atoms with Gasteiger partial charge in [0, 0.05) is 24.5 Å². The van der Waals surface area contributed by atoms with Crippen LogP contribution < -0.4 is 20.1 Å². The Kier molecular flexibility index (Phi) is 6.87. The first-order chi connectivity index (χ1) is 14.8. The van der Waals surface area contributed by atoms with Gasteiger partial charge in [-0.25, -0.2) is 4.98 Å². The number of aromatic nitrogens is 1. The van der Waals surface area contributed by atoms with Gasteiger partial charge in [0.05, 0.1) is 12.8 Å². The molecule has 1 heterocycles. The first-order valence-corrected chi connectivity index (χ1v) is 11.4. The van der Waals surface area contributed by atoms with Crippen molar-refractivity contribution in [3.8, 4) is 11.5 Å². The predicted octanol–water partition coefficient (Wildman–Crippen LogP) is 4.57. The van der Waals surface area contributed by atoms with E-state index in [1.54, 1.807) is 7.11 Å². The molecule has 4 rings (SSSR count). The van der Waals surface area contributed by atoms with Crippen LogP contribution in [0.5, 0.6) is 11.5 Å². The van der Waals surface area contributed by atoms with Crippen molar-refractivity contribution in [2.24, 2.45) is 5.73 Å². The summed E-state index contributed by atoms with van der Waals surface area (Å²) in [6.45, 7) is 2.64. The van der Waals surface area contributed by atoms with Crippen LogP contribution in [-0.4, -0.2) is 25.2 Å². The van der Waals surface area contributed by atoms with Gasteiger partial charge in [-0.2, -0.15) is 0 Å². The maximum atomic E-state index is 5.99. The zero-order chi connectivity index (χ0) is 20.8. The Hall–Kier alpha value is -2.57. The van der Waals surface area contributed by atoms with Crippen LogP contribution in [0, 0.1) is 0 Å². The van der Waals surface area contributed by atoms with Crippen LogP contribution in [-0.2, 0) is 26.0 Å². The number of aryl methyl sites for hydroxylation is 2. The number of rotatable bonds is 9. The van der Waals surface area contributed by atoms with Crippen molar-refractivity contribution in [2.45, 2.75) is 38.8 Å². The molecule has 0 saturated carbocycles. The minimum atomic E-state index is 0.514. The summed E-state index contributed by atoms with van der Waals surface area (Å²) in [4.78, 5) is 8.65. The number of benzene rings is 2. The number of anilines is 1. The van der Waals surface area contributed by atoms with Crippen molar-refractivity contribution in [1.82, 2.24) is 4.98 Å². The molecule has 0 amide bonds. The first-order valence-electron chi connectivity index (χ1n) is 10.5. The average molecular weight is 424 g/mol. The van der Waals surface area contributed by atoms with E-state index >= 15 is 0 Å². The SMILES string of the molecule is COc1cc(CN(CCN)c2nc3c(s2)CCCC3)ccc1OCc1ccccc1. The second-order valence-corrected chi connectivity index (χ2v) is 8.61. The molecule has 3 aromatic rings. The van der Waals surface area contributed by atoms with Crippen LogP contribution >= 0.6 is 11.3 Å². The third-order valence-electron chi connectivity index (χ3n) is 5.34. The van der Waals surface area contributed by atoms with Gasteiger partial charge in [0.2, 0.25) is 0 Å². The van der Waals surface area contributed by atoms with E-state index in [1.165, 1.54) is 23.4 Å². The van der Waals surface area contributed by atoms with E-state index in [2.05, 4.69) is 29.2 Å². The highest BCUT2D eigenvalue weighted by molar-refractivity contribution is 7.15. The molecule has 0 bridgehead atoms. The molecule has 2 N–H and O–H groups in total. The van der Waals surface area contributed by atoms with Crippen LogP contribution in [0.1, 0.15) is 34.5 Å². The highest BCUT2D eigenvalue weighted by Gasteiger charge is 2.19. The lowest BCUT2D eigenvalue weighted by atomic mass is 10.0. The Balaban J connectivity index is 1.48. The summed E-state index contributed by atoms with van der Waals surface area (Å²) in [5.41, 5.74) is 9.47. The Bertz CT molecular complexity index is 935. The van der Waals surface area contributed by atoms with Crippen molar-refractivity contribution < 1.29 is 9.47 Å². The van der Waals surface area contributed by atoms with Gasteiger partial charge < -0.3 is 20.1 Å². The Morgan fingerprint density at radius 2 is 1.87 bits per heavy atom. The summed E-state index contributed by atoms with van der Waals surface area (Å²) < 4.78 is 11.6. The number of hydrogen-bond donors (Lipinski definition) is 1. The number of nitrogens with two attached hydrogens (primary N) is 1. The lowest BCUT2D eigenvalue weighted by Crippen LogP contribution is -2.28. The molecule has 5 nitrogen and oxygen atoms in total. The van der Waals surface area contributed by atoms with E-state index in [0.29, 0.717) is 13.2 Å². The van der Waals surface area contributed by atoms with Crippen LogP contribution in [0.4, 0.5) is 5.13 Å². The summed E-state index contributed by atoms with van der Waals surface area (Å²) >= 11 is 1.82. The van der Waals surface area contributed by atoms with Crippen molar-refractivity contribution in [3.63, 3.8) is 0 Å². The standard InChI is InChI=1S/C24H29N3O2S/c1-28-22-15-19(11-12-21(22)29-17-18-7-3-2-4-8-18)16-27(14-13-25)24-26-20-9-5-6-10-23(20)30-24/h2-4,7-8,11-12,15H,5-6,9-10,13-14,16-17,25H2,1H3. The lowest BCUT2D eigenvalue weighted by molar-refractivity contribution is 0.284. The molecule has 0 spiro atoms. The maximum Gasteiger partial charge on any atom is 0.186 e. The Morgan fingerprint density at radius 3 is 2.63 bits per heavy atom. The van der Waals surface area contributed by atoms with Gasteiger partial charge in [0.1, 0.15) is 6.61 Å². The number of ether oxygens (including phenoxy) is 2. The minimum absolute atomic E-state index is 0.514. The largest absolute Gasteiger partial charge is 0.493 e. The number of hydrogen-bond acceptors (Lipinski definition) is 6.